The van der Waals surface area contributed by atoms with Crippen molar-refractivity contribution in [2.24, 2.45) is 5.92 Å². The molecule has 1 unspecified atom stereocenters. The van der Waals surface area contributed by atoms with Crippen molar-refractivity contribution >= 4 is 5.91 Å². The minimum atomic E-state index is 0.349. The van der Waals surface area contributed by atoms with Crippen molar-refractivity contribution in [2.75, 3.05) is 6.54 Å². The van der Waals surface area contributed by atoms with Crippen molar-refractivity contribution in [2.45, 2.75) is 52.5 Å². The van der Waals surface area contributed by atoms with Gasteiger partial charge in [-0.1, -0.05) is 19.8 Å². The van der Waals surface area contributed by atoms with E-state index in [2.05, 4.69) is 20.8 Å². The number of nitrogens with zero attached hydrogens (tertiary/aromatic N) is 1. The zero-order valence-electron chi connectivity index (χ0n) is 9.05. The molecule has 1 aliphatic rings. The Labute approximate surface area is 81.3 Å². The number of carbonyl (C=O) groups excluding carboxylic acids is 1. The van der Waals surface area contributed by atoms with Gasteiger partial charge < -0.3 is 4.90 Å². The molecule has 0 aromatic heterocycles. The molecule has 2 heteroatoms. The van der Waals surface area contributed by atoms with Crippen LogP contribution < -0.4 is 0 Å². The van der Waals surface area contributed by atoms with Crippen LogP contribution in [-0.2, 0) is 4.79 Å². The molecule has 13 heavy (non-hydrogen) atoms. The fourth-order valence-electron chi connectivity index (χ4n) is 1.96. The molecule has 0 aromatic rings. The summed E-state index contributed by atoms with van der Waals surface area (Å²) in [5.41, 5.74) is 0. The Morgan fingerprint density at radius 2 is 2.08 bits per heavy atom. The molecule has 1 saturated heterocycles. The Balaban J connectivity index is 2.56. The molecule has 0 N–H and O–H groups in total. The minimum Gasteiger partial charge on any atom is -0.340 e. The summed E-state index contributed by atoms with van der Waals surface area (Å²) >= 11 is 0. The highest BCUT2D eigenvalue weighted by atomic mass is 16.2. The van der Waals surface area contributed by atoms with E-state index >= 15 is 0 Å². The molecular formula is C11H21NO. The van der Waals surface area contributed by atoms with Crippen LogP contribution in [0.3, 0.4) is 0 Å². The summed E-state index contributed by atoms with van der Waals surface area (Å²) in [4.78, 5) is 13.8. The zero-order chi connectivity index (χ0) is 9.84. The normalized spacial score (nSPS) is 26.0. The molecule has 0 radical (unpaired) electrons. The van der Waals surface area contributed by atoms with Gasteiger partial charge in [0, 0.05) is 19.0 Å². The van der Waals surface area contributed by atoms with Gasteiger partial charge in [-0.05, 0) is 26.2 Å². The maximum atomic E-state index is 11.7. The number of hydrogen-bond acceptors (Lipinski definition) is 1. The van der Waals surface area contributed by atoms with Crippen LogP contribution in [0.25, 0.3) is 0 Å². The second-order valence-electron chi connectivity index (χ2n) is 4.49. The number of rotatable bonds is 1. The lowest BCUT2D eigenvalue weighted by Gasteiger charge is -2.30. The first-order valence-electron chi connectivity index (χ1n) is 5.40. The summed E-state index contributed by atoms with van der Waals surface area (Å²) in [6.45, 7) is 7.35. The molecule has 1 heterocycles. The SMILES string of the molecule is CC1CCCCN(C(C)C)C(=O)C1. The molecule has 1 fully saturated rings. The third kappa shape index (κ3) is 3.02. The summed E-state index contributed by atoms with van der Waals surface area (Å²) in [5.74, 6) is 0.927. The topological polar surface area (TPSA) is 20.3 Å². The molecule has 0 spiro atoms. The Hall–Kier alpha value is -0.530. The predicted molar refractivity (Wildman–Crippen MR) is 54.5 cm³/mol. The van der Waals surface area contributed by atoms with Gasteiger partial charge in [0.15, 0.2) is 0 Å². The van der Waals surface area contributed by atoms with E-state index < -0.39 is 0 Å². The molecule has 1 atom stereocenters. The molecule has 1 rings (SSSR count). The first kappa shape index (κ1) is 10.6. The van der Waals surface area contributed by atoms with Crippen LogP contribution in [0.5, 0.6) is 0 Å². The summed E-state index contributed by atoms with van der Waals surface area (Å²) < 4.78 is 0. The van der Waals surface area contributed by atoms with E-state index in [1.54, 1.807) is 0 Å². The molecule has 0 aliphatic carbocycles. The van der Waals surface area contributed by atoms with Gasteiger partial charge in [0.2, 0.25) is 5.91 Å². The van der Waals surface area contributed by atoms with Crippen molar-refractivity contribution in [3.63, 3.8) is 0 Å². The van der Waals surface area contributed by atoms with E-state index in [1.165, 1.54) is 19.3 Å². The maximum Gasteiger partial charge on any atom is 0.223 e. The van der Waals surface area contributed by atoms with Gasteiger partial charge in [-0.3, -0.25) is 4.79 Å². The highest BCUT2D eigenvalue weighted by molar-refractivity contribution is 5.76. The van der Waals surface area contributed by atoms with Crippen molar-refractivity contribution in [1.82, 2.24) is 4.90 Å². The Morgan fingerprint density at radius 1 is 1.38 bits per heavy atom. The van der Waals surface area contributed by atoms with E-state index in [0.29, 0.717) is 17.9 Å². The number of amides is 1. The second kappa shape index (κ2) is 4.64. The molecule has 2 nitrogen and oxygen atoms in total. The number of carbonyl (C=O) groups is 1. The highest BCUT2D eigenvalue weighted by Crippen LogP contribution is 2.18. The number of hydrogen-bond donors (Lipinski definition) is 0. The first-order valence-corrected chi connectivity index (χ1v) is 5.40. The third-order valence-electron chi connectivity index (χ3n) is 2.81. The Bertz CT molecular complexity index is 177. The van der Waals surface area contributed by atoms with Crippen LogP contribution in [0.1, 0.15) is 46.5 Å². The number of likely N-dealkylation sites (tertiary alicyclic amines) is 1. The maximum absolute atomic E-state index is 11.7. The van der Waals surface area contributed by atoms with Gasteiger partial charge in [-0.25, -0.2) is 0 Å². The lowest BCUT2D eigenvalue weighted by Crippen LogP contribution is -2.39. The van der Waals surface area contributed by atoms with Gasteiger partial charge in [-0.2, -0.15) is 0 Å². The molecular weight excluding hydrogens is 162 g/mol. The van der Waals surface area contributed by atoms with Gasteiger partial charge in [0.25, 0.3) is 0 Å². The van der Waals surface area contributed by atoms with Crippen molar-refractivity contribution in [3.8, 4) is 0 Å². The average molecular weight is 183 g/mol. The molecule has 0 aromatic carbocycles. The lowest BCUT2D eigenvalue weighted by molar-refractivity contribution is -0.134. The second-order valence-corrected chi connectivity index (χ2v) is 4.49. The molecule has 1 amide bonds. The monoisotopic (exact) mass is 183 g/mol. The fourth-order valence-corrected chi connectivity index (χ4v) is 1.96. The average Bonchev–Trinajstić information content (AvgIpc) is 1.99. The van der Waals surface area contributed by atoms with Gasteiger partial charge in [-0.15, -0.1) is 0 Å². The molecule has 0 bridgehead atoms. The zero-order valence-corrected chi connectivity index (χ0v) is 9.05. The first-order chi connectivity index (χ1) is 6.11. The smallest absolute Gasteiger partial charge is 0.223 e. The summed E-state index contributed by atoms with van der Waals surface area (Å²) in [6, 6.07) is 0.373. The molecule has 1 aliphatic heterocycles. The van der Waals surface area contributed by atoms with Gasteiger partial charge in [0.05, 0.1) is 0 Å². The summed E-state index contributed by atoms with van der Waals surface area (Å²) in [5, 5.41) is 0. The largest absolute Gasteiger partial charge is 0.340 e. The van der Waals surface area contributed by atoms with E-state index in [1.807, 2.05) is 4.90 Å². The quantitative estimate of drug-likeness (QED) is 0.611. The Kier molecular flexibility index (Phi) is 3.76. The highest BCUT2D eigenvalue weighted by Gasteiger charge is 2.20. The van der Waals surface area contributed by atoms with Crippen LogP contribution in [0, 0.1) is 5.92 Å². The van der Waals surface area contributed by atoms with E-state index in [0.717, 1.165) is 13.0 Å². The molecule has 76 valence electrons. The third-order valence-corrected chi connectivity index (χ3v) is 2.81. The predicted octanol–water partition coefficient (Wildman–Crippen LogP) is 2.43. The van der Waals surface area contributed by atoms with E-state index in [9.17, 15) is 4.79 Å². The van der Waals surface area contributed by atoms with Crippen LogP contribution in [0.2, 0.25) is 0 Å². The lowest BCUT2D eigenvalue weighted by atomic mass is 9.97. The van der Waals surface area contributed by atoms with Crippen LogP contribution >= 0.6 is 0 Å². The van der Waals surface area contributed by atoms with Gasteiger partial charge in [0.1, 0.15) is 0 Å². The summed E-state index contributed by atoms with van der Waals surface area (Å²) in [7, 11) is 0. The van der Waals surface area contributed by atoms with E-state index in [-0.39, 0.29) is 0 Å². The van der Waals surface area contributed by atoms with Crippen LogP contribution in [0.4, 0.5) is 0 Å². The molecule has 0 saturated carbocycles. The standard InChI is InChI=1S/C11H21NO/c1-9(2)12-7-5-4-6-10(3)8-11(12)13/h9-10H,4-8H2,1-3H3. The fraction of sp³-hybridized carbons (Fsp3) is 0.909. The Morgan fingerprint density at radius 3 is 2.69 bits per heavy atom. The minimum absolute atomic E-state index is 0.349. The van der Waals surface area contributed by atoms with Gasteiger partial charge >= 0.3 is 0 Å². The van der Waals surface area contributed by atoms with Crippen LogP contribution in [-0.4, -0.2) is 23.4 Å². The van der Waals surface area contributed by atoms with Crippen molar-refractivity contribution in [3.05, 3.63) is 0 Å². The van der Waals surface area contributed by atoms with Crippen molar-refractivity contribution < 1.29 is 4.79 Å². The van der Waals surface area contributed by atoms with Crippen molar-refractivity contribution in [1.29, 1.82) is 0 Å². The summed E-state index contributed by atoms with van der Waals surface area (Å²) in [6.07, 6.45) is 4.42. The van der Waals surface area contributed by atoms with E-state index in [4.69, 9.17) is 0 Å². The van der Waals surface area contributed by atoms with Crippen LogP contribution in [0.15, 0.2) is 0 Å².